The molecular formula is C25H30F2N8. The molecular weight excluding hydrogens is 450 g/mol. The highest BCUT2D eigenvalue weighted by molar-refractivity contribution is 5.54. The molecule has 4 heterocycles. The van der Waals surface area contributed by atoms with Crippen molar-refractivity contribution in [3.8, 4) is 5.95 Å². The number of rotatable bonds is 6. The van der Waals surface area contributed by atoms with Crippen LogP contribution < -0.4 is 15.5 Å². The summed E-state index contributed by atoms with van der Waals surface area (Å²) in [5, 5.41) is 4.50. The van der Waals surface area contributed by atoms with Crippen molar-refractivity contribution < 1.29 is 8.78 Å². The van der Waals surface area contributed by atoms with Gasteiger partial charge in [-0.15, -0.1) is 0 Å². The Kier molecular flexibility index (Phi) is 6.63. The second kappa shape index (κ2) is 9.99. The van der Waals surface area contributed by atoms with Crippen LogP contribution in [0.1, 0.15) is 24.1 Å². The van der Waals surface area contributed by atoms with Gasteiger partial charge in [0.2, 0.25) is 0 Å². The molecule has 0 bridgehead atoms. The summed E-state index contributed by atoms with van der Waals surface area (Å²) in [6.07, 6.45) is 8.30. The lowest BCUT2D eigenvalue weighted by Crippen LogP contribution is -2.46. The van der Waals surface area contributed by atoms with Crippen LogP contribution in [0.25, 0.3) is 12.0 Å². The molecule has 2 aliphatic rings. The number of benzene rings is 1. The fourth-order valence-electron chi connectivity index (χ4n) is 4.67. The molecule has 0 radical (unpaired) electrons. The first-order valence-electron chi connectivity index (χ1n) is 12.0. The maximum absolute atomic E-state index is 13.5. The lowest BCUT2D eigenvalue weighted by molar-refractivity contribution is 0.284. The molecule has 3 aromatic rings. The Morgan fingerprint density at radius 3 is 2.34 bits per heavy atom. The third kappa shape index (κ3) is 5.27. The largest absolute Gasteiger partial charge is 0.383 e. The monoisotopic (exact) mass is 480 g/mol. The lowest BCUT2D eigenvalue weighted by Gasteiger charge is -2.35. The molecule has 2 fully saturated rings. The normalized spacial score (nSPS) is 17.1. The molecule has 2 N–H and O–H groups in total. The van der Waals surface area contributed by atoms with Gasteiger partial charge in [-0.2, -0.15) is 15.1 Å². The SMILES string of the molecule is Cc1c(C=CCN2CCN(c3cc(F)cc(F)c3)CC2)cnn1-c1nc(N)cc(N2CCCC2)n1. The highest BCUT2D eigenvalue weighted by Gasteiger charge is 2.19. The van der Waals surface area contributed by atoms with Gasteiger partial charge in [-0.3, -0.25) is 4.90 Å². The quantitative estimate of drug-likeness (QED) is 0.580. The Morgan fingerprint density at radius 1 is 0.914 bits per heavy atom. The Balaban J connectivity index is 1.20. The van der Waals surface area contributed by atoms with E-state index in [-0.39, 0.29) is 0 Å². The highest BCUT2D eigenvalue weighted by atomic mass is 19.1. The first-order chi connectivity index (χ1) is 17.0. The minimum absolute atomic E-state index is 0.434. The predicted octanol–water partition coefficient (Wildman–Crippen LogP) is 3.27. The summed E-state index contributed by atoms with van der Waals surface area (Å²) >= 11 is 0. The molecule has 35 heavy (non-hydrogen) atoms. The maximum atomic E-state index is 13.5. The van der Waals surface area contributed by atoms with E-state index in [1.54, 1.807) is 4.68 Å². The Morgan fingerprint density at radius 2 is 1.63 bits per heavy atom. The van der Waals surface area contributed by atoms with Crippen LogP contribution in [0.4, 0.5) is 26.1 Å². The van der Waals surface area contributed by atoms with Crippen LogP contribution in [0.5, 0.6) is 0 Å². The van der Waals surface area contributed by atoms with Gasteiger partial charge < -0.3 is 15.5 Å². The molecule has 0 atom stereocenters. The summed E-state index contributed by atoms with van der Waals surface area (Å²) in [7, 11) is 0. The Labute approximate surface area is 203 Å². The Hall–Kier alpha value is -3.53. The number of aromatic nitrogens is 4. The summed E-state index contributed by atoms with van der Waals surface area (Å²) in [6.45, 7) is 7.81. The van der Waals surface area contributed by atoms with Gasteiger partial charge >= 0.3 is 0 Å². The van der Waals surface area contributed by atoms with Gasteiger partial charge in [-0.25, -0.2) is 13.5 Å². The van der Waals surface area contributed by atoms with Gasteiger partial charge in [0.15, 0.2) is 0 Å². The van der Waals surface area contributed by atoms with E-state index in [4.69, 9.17) is 10.7 Å². The summed E-state index contributed by atoms with van der Waals surface area (Å²) in [5.74, 6) is 0.671. The van der Waals surface area contributed by atoms with Crippen molar-refractivity contribution in [3.63, 3.8) is 0 Å². The molecule has 0 amide bonds. The van der Waals surface area contributed by atoms with Crippen LogP contribution in [-0.4, -0.2) is 70.5 Å². The average Bonchev–Trinajstić information content (AvgIpc) is 3.49. The van der Waals surface area contributed by atoms with E-state index in [2.05, 4.69) is 32.0 Å². The molecule has 1 aromatic carbocycles. The number of nitrogen functional groups attached to an aromatic ring is 1. The van der Waals surface area contributed by atoms with Crippen LogP contribution in [0.15, 0.2) is 36.5 Å². The first-order valence-corrected chi connectivity index (χ1v) is 12.0. The van der Waals surface area contributed by atoms with E-state index in [1.807, 2.05) is 24.1 Å². The van der Waals surface area contributed by atoms with Gasteiger partial charge in [0, 0.05) is 69.2 Å². The van der Waals surface area contributed by atoms with Crippen molar-refractivity contribution in [3.05, 3.63) is 59.4 Å². The minimum Gasteiger partial charge on any atom is -0.383 e. The third-order valence-corrected chi connectivity index (χ3v) is 6.63. The standard InChI is InChI=1S/C25H30F2N8/c1-18-19(17-29-35(18)25-30-23(28)16-24(31-25)34-7-2-3-8-34)5-4-6-32-9-11-33(12-10-32)22-14-20(26)13-21(27)15-22/h4-5,13-17H,2-3,6-12H2,1H3,(H2,28,30,31). The summed E-state index contributed by atoms with van der Waals surface area (Å²) in [6, 6.07) is 5.49. The molecule has 2 saturated heterocycles. The predicted molar refractivity (Wildman–Crippen MR) is 134 cm³/mol. The molecule has 2 aliphatic heterocycles. The van der Waals surface area contributed by atoms with Crippen LogP contribution in [0.3, 0.4) is 0 Å². The summed E-state index contributed by atoms with van der Waals surface area (Å²) in [4.78, 5) is 15.7. The van der Waals surface area contributed by atoms with Crippen molar-refractivity contribution in [2.75, 3.05) is 61.3 Å². The van der Waals surface area contributed by atoms with E-state index in [1.165, 1.54) is 12.1 Å². The van der Waals surface area contributed by atoms with Crippen LogP contribution in [0, 0.1) is 18.6 Å². The molecule has 0 aliphatic carbocycles. The molecule has 0 saturated carbocycles. The topological polar surface area (TPSA) is 79.3 Å². The molecule has 0 spiro atoms. The summed E-state index contributed by atoms with van der Waals surface area (Å²) in [5.41, 5.74) is 8.60. The second-order valence-corrected chi connectivity index (χ2v) is 9.06. The zero-order chi connectivity index (χ0) is 24.4. The molecule has 2 aromatic heterocycles. The fraction of sp³-hybridized carbons (Fsp3) is 0.400. The molecule has 5 rings (SSSR count). The molecule has 184 valence electrons. The van der Waals surface area contributed by atoms with Crippen molar-refractivity contribution in [1.29, 1.82) is 0 Å². The molecule has 8 nitrogen and oxygen atoms in total. The van der Waals surface area contributed by atoms with E-state index in [0.717, 1.165) is 81.8 Å². The number of hydrogen-bond donors (Lipinski definition) is 1. The number of piperazine rings is 1. The second-order valence-electron chi connectivity index (χ2n) is 9.06. The van der Waals surface area contributed by atoms with Crippen molar-refractivity contribution in [2.24, 2.45) is 0 Å². The minimum atomic E-state index is -0.544. The van der Waals surface area contributed by atoms with E-state index in [0.29, 0.717) is 17.5 Å². The number of halogens is 2. The van der Waals surface area contributed by atoms with Crippen LogP contribution in [-0.2, 0) is 0 Å². The van der Waals surface area contributed by atoms with Gasteiger partial charge in [0.1, 0.15) is 23.3 Å². The number of anilines is 3. The first kappa shape index (κ1) is 23.2. The highest BCUT2D eigenvalue weighted by Crippen LogP contribution is 2.22. The third-order valence-electron chi connectivity index (χ3n) is 6.63. The van der Waals surface area contributed by atoms with Gasteiger partial charge in [0.05, 0.1) is 11.9 Å². The van der Waals surface area contributed by atoms with E-state index in [9.17, 15) is 8.78 Å². The van der Waals surface area contributed by atoms with Crippen molar-refractivity contribution >= 4 is 23.4 Å². The number of nitrogens with two attached hydrogens (primary N) is 1. The van der Waals surface area contributed by atoms with E-state index < -0.39 is 11.6 Å². The number of hydrogen-bond acceptors (Lipinski definition) is 7. The zero-order valence-electron chi connectivity index (χ0n) is 19.9. The zero-order valence-corrected chi connectivity index (χ0v) is 19.9. The van der Waals surface area contributed by atoms with Crippen molar-refractivity contribution in [1.82, 2.24) is 24.6 Å². The summed E-state index contributed by atoms with van der Waals surface area (Å²) < 4.78 is 28.8. The van der Waals surface area contributed by atoms with Gasteiger partial charge in [0.25, 0.3) is 5.95 Å². The lowest BCUT2D eigenvalue weighted by atomic mass is 10.2. The number of nitrogens with zero attached hydrogens (tertiary/aromatic N) is 7. The smallest absolute Gasteiger partial charge is 0.254 e. The molecule has 0 unspecified atom stereocenters. The fourth-order valence-corrected chi connectivity index (χ4v) is 4.67. The van der Waals surface area contributed by atoms with E-state index >= 15 is 0 Å². The maximum Gasteiger partial charge on any atom is 0.254 e. The van der Waals surface area contributed by atoms with Crippen molar-refractivity contribution in [2.45, 2.75) is 19.8 Å². The van der Waals surface area contributed by atoms with Gasteiger partial charge in [-0.05, 0) is 31.9 Å². The Bertz CT molecular complexity index is 1190. The van der Waals surface area contributed by atoms with Crippen LogP contribution >= 0.6 is 0 Å². The van der Waals surface area contributed by atoms with Crippen LogP contribution in [0.2, 0.25) is 0 Å². The van der Waals surface area contributed by atoms with Gasteiger partial charge in [-0.1, -0.05) is 12.2 Å². The molecule has 10 heteroatoms. The average molecular weight is 481 g/mol.